The number of anilines is 1. The van der Waals surface area contributed by atoms with E-state index in [1.165, 1.54) is 5.56 Å². The summed E-state index contributed by atoms with van der Waals surface area (Å²) in [7, 11) is 0. The first-order valence-electron chi connectivity index (χ1n) is 7.24. The maximum absolute atomic E-state index is 5.35. The summed E-state index contributed by atoms with van der Waals surface area (Å²) in [6.45, 7) is 10.4. The van der Waals surface area contributed by atoms with E-state index in [-0.39, 0.29) is 0 Å². The molecule has 0 unspecified atom stereocenters. The number of morpholine rings is 1. The largest absolute Gasteiger partial charge is 0.384 e. The molecular formula is C15H25N3O. The third-order valence-corrected chi connectivity index (χ3v) is 3.51. The number of hydrogen-bond acceptors (Lipinski definition) is 4. The average Bonchev–Trinajstić information content (AvgIpc) is 2.45. The number of nitrogens with one attached hydrogen (secondary N) is 1. The van der Waals surface area contributed by atoms with E-state index in [4.69, 9.17) is 4.74 Å². The monoisotopic (exact) mass is 263 g/mol. The molecule has 0 aromatic carbocycles. The highest BCUT2D eigenvalue weighted by molar-refractivity contribution is 5.43. The standard InChI is InChI=1S/C15H25N3O/c1-13(2)14-10-15(12-16-11-14)17-4-3-5-18-6-8-19-9-7-18/h10-13,17H,3-9H2,1-2H3. The lowest BCUT2D eigenvalue weighted by atomic mass is 10.1. The Labute approximate surface area is 116 Å². The second-order valence-electron chi connectivity index (χ2n) is 5.40. The summed E-state index contributed by atoms with van der Waals surface area (Å²) in [6.07, 6.45) is 5.01. The van der Waals surface area contributed by atoms with Crippen molar-refractivity contribution in [2.24, 2.45) is 0 Å². The fourth-order valence-electron chi connectivity index (χ4n) is 2.23. The van der Waals surface area contributed by atoms with Crippen LogP contribution in [0.2, 0.25) is 0 Å². The van der Waals surface area contributed by atoms with Crippen molar-refractivity contribution >= 4 is 5.69 Å². The molecule has 1 aromatic rings. The van der Waals surface area contributed by atoms with Gasteiger partial charge in [0, 0.05) is 32.0 Å². The van der Waals surface area contributed by atoms with Crippen molar-refractivity contribution in [3.05, 3.63) is 24.0 Å². The van der Waals surface area contributed by atoms with Crippen LogP contribution in [-0.2, 0) is 4.74 Å². The quantitative estimate of drug-likeness (QED) is 0.799. The predicted octanol–water partition coefficient (Wildman–Crippen LogP) is 2.34. The van der Waals surface area contributed by atoms with Gasteiger partial charge in [-0.2, -0.15) is 0 Å². The number of rotatable bonds is 6. The Morgan fingerprint density at radius 3 is 2.84 bits per heavy atom. The Hall–Kier alpha value is -1.13. The van der Waals surface area contributed by atoms with Gasteiger partial charge in [0.1, 0.15) is 0 Å². The molecule has 0 atom stereocenters. The summed E-state index contributed by atoms with van der Waals surface area (Å²) < 4.78 is 5.35. The first kappa shape index (κ1) is 14.3. The van der Waals surface area contributed by atoms with Crippen molar-refractivity contribution in [1.29, 1.82) is 0 Å². The van der Waals surface area contributed by atoms with Crippen LogP contribution in [0.5, 0.6) is 0 Å². The number of aromatic nitrogens is 1. The van der Waals surface area contributed by atoms with E-state index in [1.807, 2.05) is 12.4 Å². The van der Waals surface area contributed by atoms with Gasteiger partial charge in [0.15, 0.2) is 0 Å². The molecule has 0 spiro atoms. The van der Waals surface area contributed by atoms with Crippen LogP contribution in [-0.4, -0.2) is 49.3 Å². The number of pyridine rings is 1. The minimum absolute atomic E-state index is 0.530. The molecule has 1 saturated heterocycles. The average molecular weight is 263 g/mol. The van der Waals surface area contributed by atoms with E-state index in [9.17, 15) is 0 Å². The Morgan fingerprint density at radius 1 is 1.32 bits per heavy atom. The molecule has 0 radical (unpaired) electrons. The number of hydrogen-bond donors (Lipinski definition) is 1. The normalized spacial score (nSPS) is 16.8. The second kappa shape index (κ2) is 7.46. The maximum Gasteiger partial charge on any atom is 0.0594 e. The Bertz CT molecular complexity index is 375. The van der Waals surface area contributed by atoms with E-state index in [2.05, 4.69) is 35.1 Å². The van der Waals surface area contributed by atoms with Crippen molar-refractivity contribution in [3.63, 3.8) is 0 Å². The Kier molecular flexibility index (Phi) is 5.61. The van der Waals surface area contributed by atoms with Crippen molar-refractivity contribution in [2.75, 3.05) is 44.7 Å². The second-order valence-corrected chi connectivity index (χ2v) is 5.40. The lowest BCUT2D eigenvalue weighted by Gasteiger charge is -2.26. The molecule has 19 heavy (non-hydrogen) atoms. The molecule has 4 heteroatoms. The van der Waals surface area contributed by atoms with E-state index >= 15 is 0 Å². The maximum atomic E-state index is 5.35. The van der Waals surface area contributed by atoms with Gasteiger partial charge in [-0.1, -0.05) is 13.8 Å². The van der Waals surface area contributed by atoms with Crippen LogP contribution in [0.4, 0.5) is 5.69 Å². The summed E-state index contributed by atoms with van der Waals surface area (Å²) >= 11 is 0. The molecular weight excluding hydrogens is 238 g/mol. The van der Waals surface area contributed by atoms with Crippen molar-refractivity contribution in [3.8, 4) is 0 Å². The van der Waals surface area contributed by atoms with Crippen molar-refractivity contribution in [1.82, 2.24) is 9.88 Å². The molecule has 0 bridgehead atoms. The molecule has 1 aromatic heterocycles. The Balaban J connectivity index is 1.68. The number of nitrogens with zero attached hydrogens (tertiary/aromatic N) is 2. The van der Waals surface area contributed by atoms with Gasteiger partial charge in [-0.3, -0.25) is 9.88 Å². The third kappa shape index (κ3) is 4.80. The summed E-state index contributed by atoms with van der Waals surface area (Å²) in [5.74, 6) is 0.530. The fraction of sp³-hybridized carbons (Fsp3) is 0.667. The van der Waals surface area contributed by atoms with E-state index in [1.54, 1.807) is 0 Å². The topological polar surface area (TPSA) is 37.4 Å². The summed E-state index contributed by atoms with van der Waals surface area (Å²) in [6, 6.07) is 2.20. The molecule has 2 heterocycles. The molecule has 2 rings (SSSR count). The van der Waals surface area contributed by atoms with Gasteiger partial charge < -0.3 is 10.1 Å². The molecule has 1 aliphatic heterocycles. The Morgan fingerprint density at radius 2 is 2.11 bits per heavy atom. The fourth-order valence-corrected chi connectivity index (χ4v) is 2.23. The molecule has 4 nitrogen and oxygen atoms in total. The zero-order valence-electron chi connectivity index (χ0n) is 12.1. The van der Waals surface area contributed by atoms with Crippen molar-refractivity contribution < 1.29 is 4.74 Å². The van der Waals surface area contributed by atoms with Crippen LogP contribution in [0.1, 0.15) is 31.7 Å². The highest BCUT2D eigenvalue weighted by Crippen LogP contribution is 2.16. The molecule has 106 valence electrons. The van der Waals surface area contributed by atoms with Gasteiger partial charge in [-0.05, 0) is 30.5 Å². The summed E-state index contributed by atoms with van der Waals surface area (Å²) in [5.41, 5.74) is 2.42. The van der Waals surface area contributed by atoms with Crippen LogP contribution in [0.25, 0.3) is 0 Å². The van der Waals surface area contributed by atoms with Crippen LogP contribution >= 0.6 is 0 Å². The predicted molar refractivity (Wildman–Crippen MR) is 78.7 cm³/mol. The van der Waals surface area contributed by atoms with E-state index in [0.29, 0.717) is 5.92 Å². The molecule has 0 aliphatic carbocycles. The van der Waals surface area contributed by atoms with Gasteiger partial charge in [-0.25, -0.2) is 0 Å². The van der Waals surface area contributed by atoms with Crippen LogP contribution in [0.3, 0.4) is 0 Å². The van der Waals surface area contributed by atoms with Crippen molar-refractivity contribution in [2.45, 2.75) is 26.2 Å². The minimum Gasteiger partial charge on any atom is -0.384 e. The van der Waals surface area contributed by atoms with Gasteiger partial charge in [0.25, 0.3) is 0 Å². The lowest BCUT2D eigenvalue weighted by Crippen LogP contribution is -2.37. The minimum atomic E-state index is 0.530. The zero-order chi connectivity index (χ0) is 13.5. The van der Waals surface area contributed by atoms with E-state index in [0.717, 1.165) is 51.5 Å². The zero-order valence-corrected chi connectivity index (χ0v) is 12.1. The summed E-state index contributed by atoms with van der Waals surface area (Å²) in [5, 5.41) is 3.46. The van der Waals surface area contributed by atoms with Crippen LogP contribution in [0.15, 0.2) is 18.5 Å². The van der Waals surface area contributed by atoms with Gasteiger partial charge in [-0.15, -0.1) is 0 Å². The van der Waals surface area contributed by atoms with E-state index < -0.39 is 0 Å². The summed E-state index contributed by atoms with van der Waals surface area (Å²) in [4.78, 5) is 6.75. The molecule has 0 saturated carbocycles. The van der Waals surface area contributed by atoms with Crippen LogP contribution < -0.4 is 5.32 Å². The smallest absolute Gasteiger partial charge is 0.0594 e. The number of ether oxygens (including phenoxy) is 1. The lowest BCUT2D eigenvalue weighted by molar-refractivity contribution is 0.0378. The SMILES string of the molecule is CC(C)c1cncc(NCCCN2CCOCC2)c1. The molecule has 1 aliphatic rings. The highest BCUT2D eigenvalue weighted by Gasteiger charge is 2.09. The highest BCUT2D eigenvalue weighted by atomic mass is 16.5. The van der Waals surface area contributed by atoms with Crippen LogP contribution in [0, 0.1) is 0 Å². The first-order valence-corrected chi connectivity index (χ1v) is 7.24. The molecule has 0 amide bonds. The molecule has 1 N–H and O–H groups in total. The third-order valence-electron chi connectivity index (χ3n) is 3.51. The first-order chi connectivity index (χ1) is 9.25. The van der Waals surface area contributed by atoms with Gasteiger partial charge in [0.2, 0.25) is 0 Å². The molecule has 1 fully saturated rings. The van der Waals surface area contributed by atoms with Gasteiger partial charge in [0.05, 0.1) is 18.9 Å². The van der Waals surface area contributed by atoms with Gasteiger partial charge >= 0.3 is 0 Å².